The molecule has 5 nitrogen and oxygen atoms in total. The van der Waals surface area contributed by atoms with Gasteiger partial charge in [0.25, 0.3) is 0 Å². The van der Waals surface area contributed by atoms with E-state index in [1.807, 2.05) is 0 Å². The first kappa shape index (κ1) is 23.6. The zero-order valence-corrected chi connectivity index (χ0v) is 18.1. The monoisotopic (exact) mass is 439 g/mol. The van der Waals surface area contributed by atoms with Crippen LogP contribution in [0.15, 0.2) is 22.7 Å². The second kappa shape index (κ2) is 11.5. The molecule has 3 rings (SSSR count). The summed E-state index contributed by atoms with van der Waals surface area (Å²) in [5.74, 6) is 0.587. The molecule has 0 bridgehead atoms. The number of hydrogen-bond donors (Lipinski definition) is 1. The highest BCUT2D eigenvalue weighted by Gasteiger charge is 2.35. The molecule has 1 atom stereocenters. The normalized spacial score (nSPS) is 17.1. The van der Waals surface area contributed by atoms with Crippen molar-refractivity contribution in [3.8, 4) is 17.1 Å². The highest BCUT2D eigenvalue weighted by Crippen LogP contribution is 2.38. The van der Waals surface area contributed by atoms with Crippen LogP contribution in [0.25, 0.3) is 11.4 Å². The smallest absolute Gasteiger partial charge is 0.419 e. The second-order valence-electron chi connectivity index (χ2n) is 8.18. The highest BCUT2D eigenvalue weighted by atomic mass is 19.4. The molecule has 1 aliphatic heterocycles. The second-order valence-corrected chi connectivity index (χ2v) is 8.18. The summed E-state index contributed by atoms with van der Waals surface area (Å²) in [6.07, 6.45) is 5.01. The van der Waals surface area contributed by atoms with Crippen LogP contribution in [-0.2, 0) is 6.18 Å². The summed E-state index contributed by atoms with van der Waals surface area (Å²) in [5.41, 5.74) is -0.534. The van der Waals surface area contributed by atoms with Gasteiger partial charge in [0.15, 0.2) is 0 Å². The van der Waals surface area contributed by atoms with Gasteiger partial charge in [0.1, 0.15) is 5.75 Å². The maximum atomic E-state index is 13.6. The lowest BCUT2D eigenvalue weighted by Crippen LogP contribution is -2.28. The van der Waals surface area contributed by atoms with Gasteiger partial charge in [-0.15, -0.1) is 0 Å². The third kappa shape index (κ3) is 6.95. The van der Waals surface area contributed by atoms with Crippen LogP contribution in [0.3, 0.4) is 0 Å². The average Bonchev–Trinajstić information content (AvgIpc) is 3.26. The maximum absolute atomic E-state index is 13.6. The van der Waals surface area contributed by atoms with Gasteiger partial charge in [0, 0.05) is 12.1 Å². The van der Waals surface area contributed by atoms with Crippen molar-refractivity contribution in [1.29, 1.82) is 0 Å². The van der Waals surface area contributed by atoms with E-state index in [0.29, 0.717) is 5.89 Å². The summed E-state index contributed by atoms with van der Waals surface area (Å²) >= 11 is 0. The number of aromatic nitrogens is 2. The minimum absolute atomic E-state index is 0.0988. The molecular weight excluding hydrogens is 407 g/mol. The van der Waals surface area contributed by atoms with Crippen molar-refractivity contribution in [1.82, 2.24) is 15.5 Å². The van der Waals surface area contributed by atoms with E-state index >= 15 is 0 Å². The summed E-state index contributed by atoms with van der Waals surface area (Å²) < 4.78 is 51.7. The fourth-order valence-corrected chi connectivity index (χ4v) is 3.84. The van der Waals surface area contributed by atoms with Gasteiger partial charge in [0.2, 0.25) is 11.7 Å². The quantitative estimate of drug-likeness (QED) is 0.413. The Hall–Kier alpha value is -2.09. The Morgan fingerprint density at radius 3 is 2.61 bits per heavy atom. The van der Waals surface area contributed by atoms with Crippen molar-refractivity contribution in [2.75, 3.05) is 19.7 Å². The number of ether oxygens (including phenoxy) is 1. The molecule has 1 fully saturated rings. The van der Waals surface area contributed by atoms with Gasteiger partial charge in [-0.05, 0) is 44.0 Å². The molecule has 1 saturated heterocycles. The third-order valence-corrected chi connectivity index (χ3v) is 5.64. The predicted octanol–water partition coefficient (Wildman–Crippen LogP) is 6.35. The highest BCUT2D eigenvalue weighted by molar-refractivity contribution is 5.59. The molecule has 0 saturated carbocycles. The fraction of sp³-hybridized carbons (Fsp3) is 0.652. The molecule has 1 unspecified atom stereocenters. The van der Waals surface area contributed by atoms with Crippen LogP contribution in [0, 0.1) is 0 Å². The molecule has 0 spiro atoms. The Morgan fingerprint density at radius 2 is 1.90 bits per heavy atom. The van der Waals surface area contributed by atoms with Crippen molar-refractivity contribution in [2.24, 2.45) is 0 Å². The minimum Gasteiger partial charge on any atom is -0.493 e. The van der Waals surface area contributed by atoms with E-state index in [-0.39, 0.29) is 29.7 Å². The van der Waals surface area contributed by atoms with Crippen LogP contribution in [0.2, 0.25) is 0 Å². The van der Waals surface area contributed by atoms with E-state index in [4.69, 9.17) is 9.26 Å². The first-order valence-electron chi connectivity index (χ1n) is 11.4. The van der Waals surface area contributed by atoms with Gasteiger partial charge in [-0.3, -0.25) is 0 Å². The van der Waals surface area contributed by atoms with Crippen molar-refractivity contribution in [3.63, 3.8) is 0 Å². The summed E-state index contributed by atoms with van der Waals surface area (Å²) in [6, 6.07) is 3.97. The number of hydrogen-bond acceptors (Lipinski definition) is 5. The number of benzene rings is 1. The van der Waals surface area contributed by atoms with Gasteiger partial charge in [-0.1, -0.05) is 50.6 Å². The van der Waals surface area contributed by atoms with E-state index < -0.39 is 11.7 Å². The van der Waals surface area contributed by atoms with Gasteiger partial charge in [-0.25, -0.2) is 0 Å². The number of rotatable bonds is 11. The SMILES string of the molecule is CCCCCCCCCOc1ccc(-c2noc(C3CCCNC3)n2)cc1C(F)(F)F. The van der Waals surface area contributed by atoms with Crippen LogP contribution >= 0.6 is 0 Å². The standard InChI is InChI=1S/C23H32F3N3O2/c1-2-3-4-5-6-7-8-14-30-20-12-11-17(15-19(20)23(24,25)26)21-28-22(31-29-21)18-10-9-13-27-16-18/h11-12,15,18,27H,2-10,13-14,16H2,1H3. The number of nitrogens with zero attached hydrogens (tertiary/aromatic N) is 2. The molecule has 2 aromatic rings. The Kier molecular flexibility index (Phi) is 8.75. The molecule has 172 valence electrons. The van der Waals surface area contributed by atoms with Gasteiger partial charge in [-0.2, -0.15) is 18.2 Å². The summed E-state index contributed by atoms with van der Waals surface area (Å²) in [5, 5.41) is 7.18. The Morgan fingerprint density at radius 1 is 1.13 bits per heavy atom. The largest absolute Gasteiger partial charge is 0.493 e. The van der Waals surface area contributed by atoms with Crippen LogP contribution in [0.5, 0.6) is 5.75 Å². The van der Waals surface area contributed by atoms with E-state index in [1.54, 1.807) is 6.07 Å². The number of alkyl halides is 3. The number of piperidine rings is 1. The summed E-state index contributed by atoms with van der Waals surface area (Å²) in [4.78, 5) is 4.35. The van der Waals surface area contributed by atoms with E-state index in [1.165, 1.54) is 31.7 Å². The number of unbranched alkanes of at least 4 members (excludes halogenated alkanes) is 6. The van der Waals surface area contributed by atoms with Crippen molar-refractivity contribution in [3.05, 3.63) is 29.7 Å². The maximum Gasteiger partial charge on any atom is 0.419 e. The van der Waals surface area contributed by atoms with Crippen molar-refractivity contribution in [2.45, 2.75) is 76.8 Å². The molecular formula is C23H32F3N3O2. The molecule has 2 heterocycles. The molecule has 1 aromatic carbocycles. The summed E-state index contributed by atoms with van der Waals surface area (Å²) in [6.45, 7) is 4.13. The minimum atomic E-state index is -4.52. The lowest BCUT2D eigenvalue weighted by atomic mass is 10.00. The molecule has 0 radical (unpaired) electrons. The van der Waals surface area contributed by atoms with Gasteiger partial charge in [0.05, 0.1) is 18.1 Å². The van der Waals surface area contributed by atoms with Gasteiger partial charge < -0.3 is 14.6 Å². The Labute approximate surface area is 181 Å². The van der Waals surface area contributed by atoms with Gasteiger partial charge >= 0.3 is 6.18 Å². The number of nitrogens with one attached hydrogen (secondary N) is 1. The van der Waals surface area contributed by atoms with Crippen LogP contribution in [0.1, 0.15) is 82.1 Å². The predicted molar refractivity (Wildman–Crippen MR) is 113 cm³/mol. The lowest BCUT2D eigenvalue weighted by Gasteiger charge is -2.18. The molecule has 0 amide bonds. The fourth-order valence-electron chi connectivity index (χ4n) is 3.84. The number of halogens is 3. The van der Waals surface area contributed by atoms with Crippen molar-refractivity contribution >= 4 is 0 Å². The average molecular weight is 440 g/mol. The lowest BCUT2D eigenvalue weighted by molar-refractivity contribution is -0.138. The Bertz CT molecular complexity index is 802. The summed E-state index contributed by atoms with van der Waals surface area (Å²) in [7, 11) is 0. The topological polar surface area (TPSA) is 60.2 Å². The van der Waals surface area contributed by atoms with E-state index in [0.717, 1.165) is 51.3 Å². The Balaban J connectivity index is 1.62. The van der Waals surface area contributed by atoms with Crippen LogP contribution < -0.4 is 10.1 Å². The van der Waals surface area contributed by atoms with E-state index in [2.05, 4.69) is 22.4 Å². The first-order valence-corrected chi connectivity index (χ1v) is 11.4. The first-order chi connectivity index (χ1) is 15.0. The van der Waals surface area contributed by atoms with Crippen LogP contribution in [-0.4, -0.2) is 29.8 Å². The molecule has 1 aliphatic rings. The molecule has 1 aromatic heterocycles. The third-order valence-electron chi connectivity index (χ3n) is 5.64. The molecule has 31 heavy (non-hydrogen) atoms. The van der Waals surface area contributed by atoms with Crippen LogP contribution in [0.4, 0.5) is 13.2 Å². The van der Waals surface area contributed by atoms with E-state index in [9.17, 15) is 13.2 Å². The zero-order chi connectivity index (χ0) is 22.1. The molecule has 8 heteroatoms. The van der Waals surface area contributed by atoms with Crippen molar-refractivity contribution < 1.29 is 22.4 Å². The zero-order valence-electron chi connectivity index (χ0n) is 18.1. The molecule has 1 N–H and O–H groups in total. The molecule has 0 aliphatic carbocycles.